The average molecular weight is 243 g/mol. The van der Waals surface area contributed by atoms with Gasteiger partial charge in [-0.05, 0) is 44.0 Å². The predicted molar refractivity (Wildman–Crippen MR) is 63.9 cm³/mol. The molecule has 0 N–H and O–H groups in total. The van der Waals surface area contributed by atoms with E-state index in [4.69, 9.17) is 0 Å². The van der Waals surface area contributed by atoms with Crippen LogP contribution in [0, 0.1) is 6.92 Å². The summed E-state index contributed by atoms with van der Waals surface area (Å²) >= 11 is 0. The number of alkyl halides is 3. The zero-order valence-electron chi connectivity index (χ0n) is 10.2. The van der Waals surface area contributed by atoms with Crippen molar-refractivity contribution in [1.29, 1.82) is 0 Å². The summed E-state index contributed by atoms with van der Waals surface area (Å²) in [6.07, 6.45) is -2.44. The average Bonchev–Trinajstić information content (AvgIpc) is 2.20. The van der Waals surface area contributed by atoms with Crippen molar-refractivity contribution in [3.8, 4) is 0 Å². The Kier molecular flexibility index (Phi) is 4.32. The van der Waals surface area contributed by atoms with Crippen LogP contribution in [0.2, 0.25) is 0 Å². The van der Waals surface area contributed by atoms with Crippen molar-refractivity contribution >= 4 is 11.4 Å². The van der Waals surface area contributed by atoms with Gasteiger partial charge in [-0.3, -0.25) is 4.99 Å². The van der Waals surface area contributed by atoms with Gasteiger partial charge in [-0.15, -0.1) is 0 Å². The maximum atomic E-state index is 12.4. The minimum atomic E-state index is -4.29. The Hall–Kier alpha value is -1.32. The van der Waals surface area contributed by atoms with E-state index in [9.17, 15) is 13.2 Å². The van der Waals surface area contributed by atoms with E-state index in [1.807, 2.05) is 13.8 Å². The van der Waals surface area contributed by atoms with Gasteiger partial charge in [0, 0.05) is 5.71 Å². The fourth-order valence-corrected chi connectivity index (χ4v) is 1.58. The topological polar surface area (TPSA) is 12.4 Å². The third-order valence-electron chi connectivity index (χ3n) is 2.45. The van der Waals surface area contributed by atoms with E-state index in [1.165, 1.54) is 6.07 Å². The molecule has 0 saturated heterocycles. The number of halogens is 3. The highest BCUT2D eigenvalue weighted by Gasteiger charge is 2.30. The molecule has 1 rings (SSSR count). The normalized spacial score (nSPS) is 12.9. The van der Waals surface area contributed by atoms with E-state index < -0.39 is 11.7 Å². The molecule has 1 nitrogen and oxygen atoms in total. The van der Waals surface area contributed by atoms with Crippen LogP contribution in [0.25, 0.3) is 0 Å². The van der Waals surface area contributed by atoms with Gasteiger partial charge in [0.15, 0.2) is 0 Å². The largest absolute Gasteiger partial charge is 0.416 e. The van der Waals surface area contributed by atoms with Crippen molar-refractivity contribution in [3.05, 3.63) is 29.3 Å². The maximum absolute atomic E-state index is 12.4. The van der Waals surface area contributed by atoms with Crippen LogP contribution in [0.4, 0.5) is 18.9 Å². The molecule has 0 saturated carbocycles. The monoisotopic (exact) mass is 243 g/mol. The Morgan fingerprint density at radius 3 is 2.41 bits per heavy atom. The second kappa shape index (κ2) is 5.34. The molecule has 0 fully saturated rings. The third-order valence-corrected chi connectivity index (χ3v) is 2.45. The summed E-state index contributed by atoms with van der Waals surface area (Å²) in [5.74, 6) is 0. The number of benzene rings is 1. The molecule has 0 spiro atoms. The summed E-state index contributed by atoms with van der Waals surface area (Å²) in [5.41, 5.74) is 1.48. The van der Waals surface area contributed by atoms with E-state index in [2.05, 4.69) is 4.99 Å². The smallest absolute Gasteiger partial charge is 0.258 e. The number of nitrogens with zero attached hydrogens (tertiary/aromatic N) is 1. The lowest BCUT2D eigenvalue weighted by molar-refractivity contribution is -0.137. The minimum absolute atomic E-state index is 0.551. The third kappa shape index (κ3) is 3.88. The zero-order valence-corrected chi connectivity index (χ0v) is 10.2. The molecule has 0 aromatic heterocycles. The Labute approximate surface area is 99.4 Å². The summed E-state index contributed by atoms with van der Waals surface area (Å²) in [6.45, 7) is 5.58. The second-order valence-electron chi connectivity index (χ2n) is 4.10. The molecule has 0 radical (unpaired) electrons. The molecule has 17 heavy (non-hydrogen) atoms. The first kappa shape index (κ1) is 13.7. The first-order valence-electron chi connectivity index (χ1n) is 5.56. The summed E-state index contributed by atoms with van der Waals surface area (Å²) in [7, 11) is 0. The van der Waals surface area contributed by atoms with E-state index in [-0.39, 0.29) is 0 Å². The van der Waals surface area contributed by atoms with Gasteiger partial charge in [-0.25, -0.2) is 0 Å². The van der Waals surface area contributed by atoms with Gasteiger partial charge in [0.1, 0.15) is 0 Å². The lowest BCUT2D eigenvalue weighted by atomic mass is 10.1. The van der Waals surface area contributed by atoms with E-state index in [0.29, 0.717) is 11.3 Å². The number of hydrogen-bond acceptors (Lipinski definition) is 1. The lowest BCUT2D eigenvalue weighted by Crippen LogP contribution is -2.04. The standard InChI is InChI=1S/C13H16F3N/c1-4-5-10(3)17-12-7-6-11(8-9(12)2)13(14,15)16/h6-8H,4-5H2,1-3H3. The van der Waals surface area contributed by atoms with Gasteiger partial charge in [-0.1, -0.05) is 13.3 Å². The number of hydrogen-bond donors (Lipinski definition) is 0. The minimum Gasteiger partial charge on any atom is -0.258 e. The van der Waals surface area contributed by atoms with Crippen LogP contribution in [0.3, 0.4) is 0 Å². The van der Waals surface area contributed by atoms with Crippen molar-refractivity contribution < 1.29 is 13.2 Å². The quantitative estimate of drug-likeness (QED) is 0.669. The van der Waals surface area contributed by atoms with Crippen LogP contribution >= 0.6 is 0 Å². The fourth-order valence-electron chi connectivity index (χ4n) is 1.58. The van der Waals surface area contributed by atoms with Crippen LogP contribution in [-0.2, 0) is 6.18 Å². The molecular weight excluding hydrogens is 227 g/mol. The van der Waals surface area contributed by atoms with E-state index in [1.54, 1.807) is 6.92 Å². The molecular formula is C13H16F3N. The fraction of sp³-hybridized carbons (Fsp3) is 0.462. The molecule has 0 bridgehead atoms. The van der Waals surface area contributed by atoms with E-state index >= 15 is 0 Å². The summed E-state index contributed by atoms with van der Waals surface area (Å²) in [5, 5.41) is 0. The summed E-state index contributed by atoms with van der Waals surface area (Å²) in [4.78, 5) is 4.32. The second-order valence-corrected chi connectivity index (χ2v) is 4.10. The highest BCUT2D eigenvalue weighted by molar-refractivity contribution is 5.84. The molecule has 0 aliphatic rings. The van der Waals surface area contributed by atoms with Crippen LogP contribution in [-0.4, -0.2) is 5.71 Å². The lowest BCUT2D eigenvalue weighted by Gasteiger charge is -2.09. The van der Waals surface area contributed by atoms with Crippen LogP contribution in [0.15, 0.2) is 23.2 Å². The molecule has 0 aliphatic carbocycles. The predicted octanol–water partition coefficient (Wildman–Crippen LogP) is 4.91. The molecule has 0 atom stereocenters. The van der Waals surface area contributed by atoms with Gasteiger partial charge in [0.25, 0.3) is 0 Å². The van der Waals surface area contributed by atoms with Gasteiger partial charge in [0.05, 0.1) is 11.3 Å². The molecule has 1 aromatic carbocycles. The molecule has 94 valence electrons. The van der Waals surface area contributed by atoms with Crippen LogP contribution < -0.4 is 0 Å². The van der Waals surface area contributed by atoms with Crippen molar-refractivity contribution in [1.82, 2.24) is 0 Å². The maximum Gasteiger partial charge on any atom is 0.416 e. The Balaban J connectivity index is 3.02. The van der Waals surface area contributed by atoms with Gasteiger partial charge < -0.3 is 0 Å². The van der Waals surface area contributed by atoms with Crippen molar-refractivity contribution in [2.75, 3.05) is 0 Å². The SMILES string of the molecule is CCCC(C)=Nc1ccc(C(F)(F)F)cc1C. The number of aliphatic imine (C=N–C) groups is 1. The molecule has 0 heterocycles. The molecule has 1 aromatic rings. The number of rotatable bonds is 3. The first-order chi connectivity index (χ1) is 7.84. The van der Waals surface area contributed by atoms with Crippen molar-refractivity contribution in [3.63, 3.8) is 0 Å². The summed E-state index contributed by atoms with van der Waals surface area (Å²) < 4.78 is 37.3. The Bertz CT molecular complexity index is 419. The Morgan fingerprint density at radius 2 is 1.94 bits per heavy atom. The highest BCUT2D eigenvalue weighted by Crippen LogP contribution is 2.32. The van der Waals surface area contributed by atoms with Crippen molar-refractivity contribution in [2.24, 2.45) is 4.99 Å². The molecule has 0 unspecified atom stereocenters. The van der Waals surface area contributed by atoms with Gasteiger partial charge in [0.2, 0.25) is 0 Å². The van der Waals surface area contributed by atoms with E-state index in [0.717, 1.165) is 30.7 Å². The number of aryl methyl sites for hydroxylation is 1. The van der Waals surface area contributed by atoms with Crippen LogP contribution in [0.5, 0.6) is 0 Å². The molecule has 0 amide bonds. The van der Waals surface area contributed by atoms with Crippen molar-refractivity contribution in [2.45, 2.75) is 39.8 Å². The van der Waals surface area contributed by atoms with Crippen LogP contribution in [0.1, 0.15) is 37.8 Å². The Morgan fingerprint density at radius 1 is 1.29 bits per heavy atom. The van der Waals surface area contributed by atoms with Gasteiger partial charge >= 0.3 is 6.18 Å². The molecule has 0 aliphatic heterocycles. The summed E-state index contributed by atoms with van der Waals surface area (Å²) in [6, 6.07) is 3.64. The first-order valence-corrected chi connectivity index (χ1v) is 5.56. The van der Waals surface area contributed by atoms with Gasteiger partial charge in [-0.2, -0.15) is 13.2 Å². The molecule has 4 heteroatoms. The zero-order chi connectivity index (χ0) is 13.1. The highest BCUT2D eigenvalue weighted by atomic mass is 19.4.